The van der Waals surface area contributed by atoms with Crippen LogP contribution in [0.4, 0.5) is 0 Å². The third kappa shape index (κ3) is 2.81. The minimum absolute atomic E-state index is 0.0264. The number of carbonyl (C=O) groups is 1. The van der Waals surface area contributed by atoms with Gasteiger partial charge in [0.2, 0.25) is 0 Å². The Kier molecular flexibility index (Phi) is 3.94. The van der Waals surface area contributed by atoms with Gasteiger partial charge in [-0.3, -0.25) is 14.2 Å². The maximum absolute atomic E-state index is 12.1. The quantitative estimate of drug-likeness (QED) is 0.611. The summed E-state index contributed by atoms with van der Waals surface area (Å²) < 4.78 is 3.64. The minimum Gasteiger partial charge on any atom is -0.289 e. The maximum Gasteiger partial charge on any atom is 0.189 e. The second-order valence-electron chi connectivity index (χ2n) is 4.29. The third-order valence-corrected chi connectivity index (χ3v) is 3.07. The lowest BCUT2D eigenvalue weighted by Gasteiger charge is -1.99. The number of aryl methyl sites for hydroxylation is 2. The number of ketones is 1. The number of hydrogen-bond acceptors (Lipinski definition) is 3. The van der Waals surface area contributed by atoms with Gasteiger partial charge in [0.1, 0.15) is 0 Å². The van der Waals surface area contributed by atoms with Crippen molar-refractivity contribution in [3.63, 3.8) is 0 Å². The van der Waals surface area contributed by atoms with Gasteiger partial charge in [-0.15, -0.1) is 0 Å². The van der Waals surface area contributed by atoms with Crippen LogP contribution in [0.5, 0.6) is 0 Å². The summed E-state index contributed by atoms with van der Waals surface area (Å²) in [4.78, 5) is 12.1. The van der Waals surface area contributed by atoms with Crippen molar-refractivity contribution in [1.29, 1.82) is 0 Å². The van der Waals surface area contributed by atoms with Gasteiger partial charge in [-0.1, -0.05) is 0 Å². The van der Waals surface area contributed by atoms with Gasteiger partial charge < -0.3 is 0 Å². The molecule has 0 N–H and O–H groups in total. The highest BCUT2D eigenvalue weighted by Gasteiger charge is 2.10. The molecule has 5 heteroatoms. The standard InChI is InChI=1S/C14H18N4O/c1-4-17-10-12(8-15-17)6-7-14(19)13-9-16-18(5-2)11(13)3/h6-10H,4-5H2,1-3H3/b7-6+. The average Bonchev–Trinajstić information content (AvgIpc) is 3.02. The molecular weight excluding hydrogens is 240 g/mol. The Balaban J connectivity index is 2.14. The van der Waals surface area contributed by atoms with Crippen LogP contribution in [-0.2, 0) is 13.1 Å². The van der Waals surface area contributed by atoms with Crippen molar-refractivity contribution in [2.45, 2.75) is 33.9 Å². The number of carbonyl (C=O) groups excluding carboxylic acids is 1. The Morgan fingerprint density at radius 1 is 1.26 bits per heavy atom. The lowest BCUT2D eigenvalue weighted by molar-refractivity contribution is 0.104. The van der Waals surface area contributed by atoms with Gasteiger partial charge >= 0.3 is 0 Å². The summed E-state index contributed by atoms with van der Waals surface area (Å²) in [5, 5.41) is 8.33. The van der Waals surface area contributed by atoms with E-state index in [1.807, 2.05) is 36.3 Å². The van der Waals surface area contributed by atoms with E-state index in [0.717, 1.165) is 24.3 Å². The number of nitrogens with zero attached hydrogens (tertiary/aromatic N) is 4. The highest BCUT2D eigenvalue weighted by molar-refractivity contribution is 6.07. The van der Waals surface area contributed by atoms with E-state index in [0.29, 0.717) is 5.56 Å². The Hall–Kier alpha value is -2.17. The topological polar surface area (TPSA) is 52.7 Å². The second kappa shape index (κ2) is 5.65. The van der Waals surface area contributed by atoms with Crippen LogP contribution in [-0.4, -0.2) is 25.3 Å². The van der Waals surface area contributed by atoms with Gasteiger partial charge in [0.25, 0.3) is 0 Å². The molecule has 2 aromatic rings. The molecule has 2 aromatic heterocycles. The molecule has 0 atom stereocenters. The summed E-state index contributed by atoms with van der Waals surface area (Å²) in [6, 6.07) is 0. The zero-order chi connectivity index (χ0) is 13.8. The predicted molar refractivity (Wildman–Crippen MR) is 73.9 cm³/mol. The summed E-state index contributed by atoms with van der Waals surface area (Å²) in [5.41, 5.74) is 2.48. The lowest BCUT2D eigenvalue weighted by atomic mass is 10.1. The molecule has 0 aliphatic heterocycles. The number of aromatic nitrogens is 4. The Labute approximate surface area is 112 Å². The fourth-order valence-electron chi connectivity index (χ4n) is 1.91. The Morgan fingerprint density at radius 2 is 2.05 bits per heavy atom. The van der Waals surface area contributed by atoms with Gasteiger partial charge in [-0.05, 0) is 32.9 Å². The first-order valence-corrected chi connectivity index (χ1v) is 6.43. The van der Waals surface area contributed by atoms with Crippen LogP contribution < -0.4 is 0 Å². The molecule has 5 nitrogen and oxygen atoms in total. The maximum atomic E-state index is 12.1. The molecule has 0 aromatic carbocycles. The van der Waals surface area contributed by atoms with Crippen molar-refractivity contribution in [3.05, 3.63) is 41.5 Å². The molecule has 0 spiro atoms. The van der Waals surface area contributed by atoms with Gasteiger partial charge in [0.15, 0.2) is 5.78 Å². The largest absolute Gasteiger partial charge is 0.289 e. The van der Waals surface area contributed by atoms with E-state index in [4.69, 9.17) is 0 Å². The molecule has 0 aliphatic carbocycles. The van der Waals surface area contributed by atoms with Crippen molar-refractivity contribution in [1.82, 2.24) is 19.6 Å². The molecule has 0 fully saturated rings. The minimum atomic E-state index is -0.0264. The Morgan fingerprint density at radius 3 is 2.63 bits per heavy atom. The van der Waals surface area contributed by atoms with Gasteiger partial charge in [0, 0.05) is 30.5 Å². The van der Waals surface area contributed by atoms with E-state index in [-0.39, 0.29) is 5.78 Å². The van der Waals surface area contributed by atoms with Crippen molar-refractivity contribution >= 4 is 11.9 Å². The summed E-state index contributed by atoms with van der Waals surface area (Å²) >= 11 is 0. The molecule has 0 saturated carbocycles. The Bertz CT molecular complexity index is 607. The summed E-state index contributed by atoms with van der Waals surface area (Å²) in [6.07, 6.45) is 8.63. The van der Waals surface area contributed by atoms with Crippen molar-refractivity contribution in [2.24, 2.45) is 0 Å². The molecule has 0 unspecified atom stereocenters. The smallest absolute Gasteiger partial charge is 0.189 e. The molecule has 2 rings (SSSR count). The monoisotopic (exact) mass is 258 g/mol. The molecule has 0 aliphatic rings. The second-order valence-corrected chi connectivity index (χ2v) is 4.29. The lowest BCUT2D eigenvalue weighted by Crippen LogP contribution is -2.01. The fourth-order valence-corrected chi connectivity index (χ4v) is 1.91. The molecule has 0 radical (unpaired) electrons. The van der Waals surface area contributed by atoms with Gasteiger partial charge in [-0.2, -0.15) is 10.2 Å². The molecule has 100 valence electrons. The third-order valence-electron chi connectivity index (χ3n) is 3.07. The van der Waals surface area contributed by atoms with E-state index in [2.05, 4.69) is 10.2 Å². The van der Waals surface area contributed by atoms with Crippen molar-refractivity contribution in [2.75, 3.05) is 0 Å². The van der Waals surface area contributed by atoms with Crippen molar-refractivity contribution in [3.8, 4) is 0 Å². The van der Waals surface area contributed by atoms with E-state index in [1.165, 1.54) is 0 Å². The van der Waals surface area contributed by atoms with Crippen LogP contribution in [0.2, 0.25) is 0 Å². The first kappa shape index (κ1) is 13.3. The van der Waals surface area contributed by atoms with E-state index in [1.54, 1.807) is 24.5 Å². The first-order chi connectivity index (χ1) is 9.15. The number of allylic oxidation sites excluding steroid dienone is 1. The fraction of sp³-hybridized carbons (Fsp3) is 0.357. The van der Waals surface area contributed by atoms with E-state index < -0.39 is 0 Å². The summed E-state index contributed by atoms with van der Waals surface area (Å²) in [7, 11) is 0. The number of hydrogen-bond donors (Lipinski definition) is 0. The summed E-state index contributed by atoms with van der Waals surface area (Å²) in [5.74, 6) is -0.0264. The molecule has 0 saturated heterocycles. The van der Waals surface area contributed by atoms with Gasteiger partial charge in [-0.25, -0.2) is 0 Å². The first-order valence-electron chi connectivity index (χ1n) is 6.43. The van der Waals surface area contributed by atoms with E-state index in [9.17, 15) is 4.79 Å². The predicted octanol–water partition coefficient (Wildman–Crippen LogP) is 2.32. The van der Waals surface area contributed by atoms with Crippen LogP contribution >= 0.6 is 0 Å². The highest BCUT2D eigenvalue weighted by atomic mass is 16.1. The van der Waals surface area contributed by atoms with Gasteiger partial charge in [0.05, 0.1) is 18.0 Å². The van der Waals surface area contributed by atoms with Crippen LogP contribution in [0.25, 0.3) is 6.08 Å². The average molecular weight is 258 g/mol. The SMILES string of the molecule is CCn1cc(/C=C/C(=O)c2cnn(CC)c2C)cn1. The summed E-state index contributed by atoms with van der Waals surface area (Å²) in [6.45, 7) is 7.53. The van der Waals surface area contributed by atoms with Crippen LogP contribution in [0.1, 0.15) is 35.5 Å². The van der Waals surface area contributed by atoms with Crippen molar-refractivity contribution < 1.29 is 4.79 Å². The molecule has 2 heterocycles. The van der Waals surface area contributed by atoms with E-state index >= 15 is 0 Å². The zero-order valence-electron chi connectivity index (χ0n) is 11.5. The molecule has 0 amide bonds. The van der Waals surface area contributed by atoms with Crippen LogP contribution in [0.3, 0.4) is 0 Å². The number of rotatable bonds is 5. The zero-order valence-corrected chi connectivity index (χ0v) is 11.5. The molecule has 0 bridgehead atoms. The molecular formula is C14H18N4O. The normalized spacial score (nSPS) is 11.3. The highest BCUT2D eigenvalue weighted by Crippen LogP contribution is 2.10. The molecule has 19 heavy (non-hydrogen) atoms. The van der Waals surface area contributed by atoms with Crippen LogP contribution in [0, 0.1) is 6.92 Å². The van der Waals surface area contributed by atoms with Crippen LogP contribution in [0.15, 0.2) is 24.7 Å².